The number of benzene rings is 1. The minimum absolute atomic E-state index is 0.163. The summed E-state index contributed by atoms with van der Waals surface area (Å²) in [5, 5.41) is 15.6. The highest BCUT2D eigenvalue weighted by atomic mass is 16.5. The number of fused-ring (bicyclic) bond motifs is 1. The van der Waals surface area contributed by atoms with Crippen molar-refractivity contribution in [3.05, 3.63) is 41.6 Å². The maximum absolute atomic E-state index is 11.5. The third kappa shape index (κ3) is 3.69. The first-order valence-electron chi connectivity index (χ1n) is 7.77. The van der Waals surface area contributed by atoms with Crippen LogP contribution in [0.15, 0.2) is 30.5 Å². The molecule has 0 aliphatic heterocycles. The molecule has 2 heterocycles. The number of nitrogens with zero attached hydrogens (tertiary/aromatic N) is 2. The normalized spacial score (nSPS) is 10.8. The van der Waals surface area contributed by atoms with Crippen LogP contribution in [0.2, 0.25) is 0 Å². The first-order valence-corrected chi connectivity index (χ1v) is 7.77. The van der Waals surface area contributed by atoms with Gasteiger partial charge in [-0.25, -0.2) is 14.8 Å². The number of aromatic amines is 1. The summed E-state index contributed by atoms with van der Waals surface area (Å²) in [6, 6.07) is 7.08. The van der Waals surface area contributed by atoms with Gasteiger partial charge in [0.25, 0.3) is 0 Å². The zero-order valence-corrected chi connectivity index (χ0v) is 14.0. The lowest BCUT2D eigenvalue weighted by atomic mass is 10.1. The Bertz CT molecular complexity index is 906. The topological polar surface area (TPSA) is 112 Å². The molecule has 3 rings (SSSR count). The van der Waals surface area contributed by atoms with Crippen LogP contribution < -0.4 is 10.6 Å². The van der Waals surface area contributed by atoms with Gasteiger partial charge >= 0.3 is 5.97 Å². The summed E-state index contributed by atoms with van der Waals surface area (Å²) in [5.41, 5.74) is 2.94. The van der Waals surface area contributed by atoms with Gasteiger partial charge in [0.1, 0.15) is 5.82 Å². The Morgan fingerprint density at radius 1 is 1.40 bits per heavy atom. The van der Waals surface area contributed by atoms with Crippen LogP contribution in [0.25, 0.3) is 11.0 Å². The van der Waals surface area contributed by atoms with Crippen LogP contribution in [0.1, 0.15) is 15.9 Å². The van der Waals surface area contributed by atoms with E-state index in [9.17, 15) is 9.90 Å². The average molecular weight is 341 g/mol. The van der Waals surface area contributed by atoms with E-state index in [1.54, 1.807) is 25.4 Å². The van der Waals surface area contributed by atoms with Crippen LogP contribution in [0.3, 0.4) is 0 Å². The number of nitrogens with one attached hydrogen (secondary N) is 3. The molecule has 0 bridgehead atoms. The summed E-state index contributed by atoms with van der Waals surface area (Å²) in [7, 11) is 1.59. The van der Waals surface area contributed by atoms with Crippen molar-refractivity contribution < 1.29 is 14.6 Å². The maximum Gasteiger partial charge on any atom is 0.337 e. The van der Waals surface area contributed by atoms with Gasteiger partial charge in [0.15, 0.2) is 0 Å². The number of H-pyrrole nitrogens is 1. The summed E-state index contributed by atoms with van der Waals surface area (Å²) in [6.45, 7) is 2.93. The highest BCUT2D eigenvalue weighted by Gasteiger charge is 2.14. The molecule has 2 aromatic heterocycles. The Balaban J connectivity index is 1.93. The van der Waals surface area contributed by atoms with Crippen LogP contribution in [0, 0.1) is 6.92 Å². The second-order valence-electron chi connectivity index (χ2n) is 5.52. The molecular weight excluding hydrogens is 322 g/mol. The molecule has 8 heteroatoms. The minimum atomic E-state index is -1.01. The molecule has 4 N–H and O–H groups in total. The lowest BCUT2D eigenvalue weighted by Gasteiger charge is -2.09. The van der Waals surface area contributed by atoms with Gasteiger partial charge in [-0.3, -0.25) is 0 Å². The predicted molar refractivity (Wildman–Crippen MR) is 95.7 cm³/mol. The molecule has 8 nitrogen and oxygen atoms in total. The Hall–Kier alpha value is -3.13. The molecule has 130 valence electrons. The Morgan fingerprint density at radius 3 is 2.96 bits per heavy atom. The first kappa shape index (κ1) is 16.7. The Morgan fingerprint density at radius 2 is 2.24 bits per heavy atom. The number of aromatic carboxylic acids is 1. The van der Waals surface area contributed by atoms with Gasteiger partial charge in [-0.2, -0.15) is 0 Å². The smallest absolute Gasteiger partial charge is 0.337 e. The number of aromatic nitrogens is 3. The van der Waals surface area contributed by atoms with Crippen molar-refractivity contribution in [3.63, 3.8) is 0 Å². The molecule has 0 fully saturated rings. The zero-order chi connectivity index (χ0) is 17.8. The van der Waals surface area contributed by atoms with Crippen molar-refractivity contribution in [1.82, 2.24) is 15.0 Å². The maximum atomic E-state index is 11.5. The van der Waals surface area contributed by atoms with Gasteiger partial charge < -0.3 is 25.5 Å². The monoisotopic (exact) mass is 341 g/mol. The highest BCUT2D eigenvalue weighted by molar-refractivity contribution is 5.99. The Kier molecular flexibility index (Phi) is 4.80. The van der Waals surface area contributed by atoms with E-state index < -0.39 is 5.97 Å². The number of ether oxygens (including phenoxy) is 1. The molecule has 0 amide bonds. The van der Waals surface area contributed by atoms with Crippen molar-refractivity contribution in [2.24, 2.45) is 0 Å². The van der Waals surface area contributed by atoms with Crippen LogP contribution in [0.5, 0.6) is 0 Å². The number of hydrogen-bond acceptors (Lipinski definition) is 6. The van der Waals surface area contributed by atoms with Gasteiger partial charge in [0, 0.05) is 19.9 Å². The van der Waals surface area contributed by atoms with Crippen molar-refractivity contribution in [2.75, 3.05) is 30.9 Å². The van der Waals surface area contributed by atoms with Crippen LogP contribution in [-0.2, 0) is 4.74 Å². The largest absolute Gasteiger partial charge is 0.478 e. The molecule has 0 saturated heterocycles. The third-order valence-electron chi connectivity index (χ3n) is 3.72. The van der Waals surface area contributed by atoms with E-state index in [1.807, 2.05) is 19.1 Å². The van der Waals surface area contributed by atoms with E-state index in [2.05, 4.69) is 25.6 Å². The molecule has 25 heavy (non-hydrogen) atoms. The van der Waals surface area contributed by atoms with Crippen LogP contribution >= 0.6 is 0 Å². The average Bonchev–Trinajstić information content (AvgIpc) is 2.97. The number of aryl methyl sites for hydroxylation is 1. The zero-order valence-electron chi connectivity index (χ0n) is 14.0. The molecule has 0 aliphatic carbocycles. The number of anilines is 3. The number of carbonyl (C=O) groups is 1. The standard InChI is InChI=1S/C17H19N5O3/c1-10-4-3-5-19-15(10)22-17-20-13-8-11(16(23)24)12(9-14(13)21-17)18-6-7-25-2/h3-5,8-9,18H,6-7H2,1-2H3,(H,23,24)(H2,19,20,21,22). The van der Waals surface area contributed by atoms with E-state index in [0.29, 0.717) is 36.1 Å². The van der Waals surface area contributed by atoms with Crippen molar-refractivity contribution >= 4 is 34.5 Å². The molecule has 1 aromatic carbocycles. The Labute approximate surface area is 144 Å². The van der Waals surface area contributed by atoms with E-state index in [4.69, 9.17) is 4.74 Å². The lowest BCUT2D eigenvalue weighted by Crippen LogP contribution is -2.11. The van der Waals surface area contributed by atoms with Gasteiger partial charge in [-0.15, -0.1) is 0 Å². The number of pyridine rings is 1. The number of methoxy groups -OCH3 is 1. The molecular formula is C17H19N5O3. The van der Waals surface area contributed by atoms with Crippen LogP contribution in [0.4, 0.5) is 17.5 Å². The number of carboxylic acids is 1. The van der Waals surface area contributed by atoms with Crippen molar-refractivity contribution in [2.45, 2.75) is 6.92 Å². The molecule has 0 spiro atoms. The molecule has 0 unspecified atom stereocenters. The van der Waals surface area contributed by atoms with Crippen LogP contribution in [-0.4, -0.2) is 46.3 Å². The third-order valence-corrected chi connectivity index (χ3v) is 3.72. The number of carboxylic acid groups (broad SMARTS) is 1. The summed E-state index contributed by atoms with van der Waals surface area (Å²) >= 11 is 0. The van der Waals surface area contributed by atoms with Gasteiger partial charge in [0.05, 0.1) is 28.9 Å². The van der Waals surface area contributed by atoms with E-state index >= 15 is 0 Å². The summed E-state index contributed by atoms with van der Waals surface area (Å²) in [5.74, 6) is 0.181. The fourth-order valence-electron chi connectivity index (χ4n) is 2.46. The summed E-state index contributed by atoms with van der Waals surface area (Å²) in [6.07, 6.45) is 1.69. The summed E-state index contributed by atoms with van der Waals surface area (Å²) < 4.78 is 4.99. The van der Waals surface area contributed by atoms with Gasteiger partial charge in [-0.05, 0) is 30.7 Å². The number of imidazole rings is 1. The highest BCUT2D eigenvalue weighted by Crippen LogP contribution is 2.25. The fraction of sp³-hybridized carbons (Fsp3) is 0.235. The molecule has 0 radical (unpaired) electrons. The number of rotatable bonds is 7. The SMILES string of the molecule is COCCNc1cc2[nH]c(Nc3ncccc3C)nc2cc1C(=O)O. The first-order chi connectivity index (χ1) is 12.1. The van der Waals surface area contributed by atoms with Gasteiger partial charge in [0.2, 0.25) is 5.95 Å². The lowest BCUT2D eigenvalue weighted by molar-refractivity contribution is 0.0698. The summed E-state index contributed by atoms with van der Waals surface area (Å²) in [4.78, 5) is 23.3. The van der Waals surface area contributed by atoms with E-state index in [-0.39, 0.29) is 5.56 Å². The minimum Gasteiger partial charge on any atom is -0.478 e. The number of hydrogen-bond donors (Lipinski definition) is 4. The molecule has 0 saturated carbocycles. The van der Waals surface area contributed by atoms with Gasteiger partial charge in [-0.1, -0.05) is 6.07 Å². The fourth-order valence-corrected chi connectivity index (χ4v) is 2.46. The van der Waals surface area contributed by atoms with E-state index in [0.717, 1.165) is 11.1 Å². The molecule has 0 aliphatic rings. The van der Waals surface area contributed by atoms with E-state index in [1.165, 1.54) is 0 Å². The van der Waals surface area contributed by atoms with Crippen molar-refractivity contribution in [3.8, 4) is 0 Å². The molecule has 3 aromatic rings. The second kappa shape index (κ2) is 7.18. The predicted octanol–water partition coefficient (Wildman–Crippen LogP) is 2.77. The molecule has 0 atom stereocenters. The quantitative estimate of drug-likeness (QED) is 0.489. The van der Waals surface area contributed by atoms with Crippen molar-refractivity contribution in [1.29, 1.82) is 0 Å². The second-order valence-corrected chi connectivity index (χ2v) is 5.52.